The number of hydrogen-bond acceptors (Lipinski definition) is 2. The molecule has 1 rings (SSSR count). The van der Waals surface area contributed by atoms with Crippen LogP contribution in [-0.4, -0.2) is 25.3 Å². The molecule has 13 heavy (non-hydrogen) atoms. The normalized spacial score (nSPS) is 10.5. The molecule has 0 radical (unpaired) electrons. The molecule has 0 aliphatic rings. The number of nitrogens with zero attached hydrogens (tertiary/aromatic N) is 1. The van der Waals surface area contributed by atoms with Crippen molar-refractivity contribution in [2.24, 2.45) is 0 Å². The lowest BCUT2D eigenvalue weighted by atomic mass is 10.1. The van der Waals surface area contributed by atoms with Crippen LogP contribution in [-0.2, 0) is 6.54 Å². The second-order valence-corrected chi connectivity index (χ2v) is 3.56. The fraction of sp³-hybridized carbons (Fsp3) is 0.364. The van der Waals surface area contributed by atoms with E-state index in [0.717, 1.165) is 24.0 Å². The predicted octanol–water partition coefficient (Wildman–Crippen LogP) is 1.87. The average Bonchev–Trinajstić information content (AvgIpc) is 2.03. The van der Waals surface area contributed by atoms with Gasteiger partial charge in [0.2, 0.25) is 0 Å². The van der Waals surface area contributed by atoms with Gasteiger partial charge in [-0.3, -0.25) is 4.79 Å². The van der Waals surface area contributed by atoms with E-state index >= 15 is 0 Å². The zero-order chi connectivity index (χ0) is 9.84. The molecular formula is C11H15NO. The molecule has 0 N–H and O–H groups in total. The van der Waals surface area contributed by atoms with Gasteiger partial charge in [-0.05, 0) is 26.6 Å². The van der Waals surface area contributed by atoms with Crippen molar-refractivity contribution in [1.82, 2.24) is 4.90 Å². The van der Waals surface area contributed by atoms with Gasteiger partial charge in [0.05, 0.1) is 0 Å². The van der Waals surface area contributed by atoms with Gasteiger partial charge in [-0.1, -0.05) is 23.8 Å². The van der Waals surface area contributed by atoms with Crippen molar-refractivity contribution in [1.29, 1.82) is 0 Å². The molecule has 0 fully saturated rings. The Morgan fingerprint density at radius 3 is 2.62 bits per heavy atom. The lowest BCUT2D eigenvalue weighted by Gasteiger charge is -2.11. The fourth-order valence-electron chi connectivity index (χ4n) is 1.33. The summed E-state index contributed by atoms with van der Waals surface area (Å²) in [5, 5.41) is 0. The minimum Gasteiger partial charge on any atom is -0.305 e. The molecule has 0 aliphatic carbocycles. The third-order valence-corrected chi connectivity index (χ3v) is 1.91. The van der Waals surface area contributed by atoms with Gasteiger partial charge in [-0.25, -0.2) is 0 Å². The molecule has 2 nitrogen and oxygen atoms in total. The van der Waals surface area contributed by atoms with Crippen LogP contribution in [0.25, 0.3) is 0 Å². The number of carbonyl (C=O) groups is 1. The Labute approximate surface area is 79.2 Å². The van der Waals surface area contributed by atoms with Gasteiger partial charge >= 0.3 is 0 Å². The minimum absolute atomic E-state index is 0.791. The average molecular weight is 177 g/mol. The van der Waals surface area contributed by atoms with Gasteiger partial charge in [0.1, 0.15) is 6.29 Å². The van der Waals surface area contributed by atoms with Gasteiger partial charge in [-0.2, -0.15) is 0 Å². The summed E-state index contributed by atoms with van der Waals surface area (Å²) in [6, 6.07) is 5.90. The van der Waals surface area contributed by atoms with Gasteiger partial charge in [0.15, 0.2) is 0 Å². The number of aryl methyl sites for hydroxylation is 1. The van der Waals surface area contributed by atoms with Crippen LogP contribution in [0.5, 0.6) is 0 Å². The van der Waals surface area contributed by atoms with Crippen LogP contribution < -0.4 is 0 Å². The third-order valence-electron chi connectivity index (χ3n) is 1.91. The first-order chi connectivity index (χ1) is 6.13. The van der Waals surface area contributed by atoms with Gasteiger partial charge in [0.25, 0.3) is 0 Å². The molecule has 0 spiro atoms. The molecule has 0 heterocycles. The molecule has 1 aromatic carbocycles. The predicted molar refractivity (Wildman–Crippen MR) is 54.0 cm³/mol. The molecule has 0 saturated heterocycles. The van der Waals surface area contributed by atoms with E-state index in [1.165, 1.54) is 5.56 Å². The lowest BCUT2D eigenvalue weighted by Crippen LogP contribution is -2.12. The minimum atomic E-state index is 0.791. The first kappa shape index (κ1) is 9.93. The topological polar surface area (TPSA) is 20.3 Å². The maximum absolute atomic E-state index is 10.7. The number of hydrogen-bond donors (Lipinski definition) is 0. The van der Waals surface area contributed by atoms with Crippen LogP contribution in [0.15, 0.2) is 18.2 Å². The van der Waals surface area contributed by atoms with Crippen LogP contribution in [0.2, 0.25) is 0 Å². The first-order valence-electron chi connectivity index (χ1n) is 4.33. The number of benzene rings is 1. The quantitative estimate of drug-likeness (QED) is 0.657. The SMILES string of the molecule is Cc1ccc(C=O)c(CN(C)C)c1. The van der Waals surface area contributed by atoms with Crippen LogP contribution in [0.1, 0.15) is 21.5 Å². The number of carbonyl (C=O) groups excluding carboxylic acids is 1. The zero-order valence-corrected chi connectivity index (χ0v) is 8.37. The van der Waals surface area contributed by atoms with E-state index in [-0.39, 0.29) is 0 Å². The second-order valence-electron chi connectivity index (χ2n) is 3.56. The highest BCUT2D eigenvalue weighted by Crippen LogP contribution is 2.11. The van der Waals surface area contributed by atoms with Crippen molar-refractivity contribution < 1.29 is 4.79 Å². The third kappa shape index (κ3) is 2.67. The summed E-state index contributed by atoms with van der Waals surface area (Å²) >= 11 is 0. The van der Waals surface area contributed by atoms with E-state index in [0.29, 0.717) is 0 Å². The molecule has 0 aliphatic heterocycles. The summed E-state index contributed by atoms with van der Waals surface area (Å²) < 4.78 is 0. The van der Waals surface area contributed by atoms with E-state index in [2.05, 4.69) is 11.0 Å². The van der Waals surface area contributed by atoms with Gasteiger partial charge in [0, 0.05) is 12.1 Å². The fourth-order valence-corrected chi connectivity index (χ4v) is 1.33. The standard InChI is InChI=1S/C11H15NO/c1-9-4-5-10(8-13)11(6-9)7-12(2)3/h4-6,8H,7H2,1-3H3. The maximum Gasteiger partial charge on any atom is 0.150 e. The van der Waals surface area contributed by atoms with Crippen LogP contribution in [0, 0.1) is 6.92 Å². The summed E-state index contributed by atoms with van der Waals surface area (Å²) in [6.45, 7) is 2.85. The summed E-state index contributed by atoms with van der Waals surface area (Å²) in [5.74, 6) is 0. The zero-order valence-electron chi connectivity index (χ0n) is 8.37. The molecule has 0 unspecified atom stereocenters. The molecule has 70 valence electrons. The molecule has 0 saturated carbocycles. The van der Waals surface area contributed by atoms with Crippen molar-refractivity contribution in [3.63, 3.8) is 0 Å². The van der Waals surface area contributed by atoms with Crippen LogP contribution in [0.4, 0.5) is 0 Å². The molecule has 0 amide bonds. The van der Waals surface area contributed by atoms with Crippen LogP contribution in [0.3, 0.4) is 0 Å². The Balaban J connectivity index is 3.01. The van der Waals surface area contributed by atoms with Crippen molar-refractivity contribution in [3.05, 3.63) is 34.9 Å². The first-order valence-corrected chi connectivity index (χ1v) is 4.33. The smallest absolute Gasteiger partial charge is 0.150 e. The molecule has 0 atom stereocenters. The Morgan fingerprint density at radius 1 is 1.38 bits per heavy atom. The van der Waals surface area contributed by atoms with E-state index in [1.807, 2.05) is 33.2 Å². The van der Waals surface area contributed by atoms with Crippen molar-refractivity contribution in [2.45, 2.75) is 13.5 Å². The van der Waals surface area contributed by atoms with Crippen molar-refractivity contribution >= 4 is 6.29 Å². The van der Waals surface area contributed by atoms with Crippen LogP contribution >= 0.6 is 0 Å². The van der Waals surface area contributed by atoms with Gasteiger partial charge < -0.3 is 4.90 Å². The van der Waals surface area contributed by atoms with E-state index in [1.54, 1.807) is 0 Å². The molecule has 2 heteroatoms. The molecular weight excluding hydrogens is 162 g/mol. The summed E-state index contributed by atoms with van der Waals surface area (Å²) in [6.07, 6.45) is 0.915. The molecule has 1 aromatic rings. The summed E-state index contributed by atoms with van der Waals surface area (Å²) in [7, 11) is 3.99. The second kappa shape index (κ2) is 4.19. The van der Waals surface area contributed by atoms with E-state index in [4.69, 9.17) is 0 Å². The largest absolute Gasteiger partial charge is 0.305 e. The highest BCUT2D eigenvalue weighted by molar-refractivity contribution is 5.77. The monoisotopic (exact) mass is 177 g/mol. The summed E-state index contributed by atoms with van der Waals surface area (Å²) in [4.78, 5) is 12.8. The lowest BCUT2D eigenvalue weighted by molar-refractivity contribution is 0.112. The van der Waals surface area contributed by atoms with Crippen molar-refractivity contribution in [2.75, 3.05) is 14.1 Å². The Kier molecular flexibility index (Phi) is 3.20. The number of aldehydes is 1. The van der Waals surface area contributed by atoms with E-state index < -0.39 is 0 Å². The summed E-state index contributed by atoms with van der Waals surface area (Å²) in [5.41, 5.74) is 3.08. The highest BCUT2D eigenvalue weighted by Gasteiger charge is 2.02. The Bertz CT molecular complexity index is 305. The highest BCUT2D eigenvalue weighted by atomic mass is 16.1. The maximum atomic E-state index is 10.7. The number of rotatable bonds is 3. The molecule has 0 bridgehead atoms. The van der Waals surface area contributed by atoms with Crippen molar-refractivity contribution in [3.8, 4) is 0 Å². The Morgan fingerprint density at radius 2 is 2.08 bits per heavy atom. The van der Waals surface area contributed by atoms with E-state index in [9.17, 15) is 4.79 Å². The van der Waals surface area contributed by atoms with Gasteiger partial charge in [-0.15, -0.1) is 0 Å². The molecule has 0 aromatic heterocycles. The Hall–Kier alpha value is -1.15.